The maximum atomic E-state index is 13.6. The molecule has 0 radical (unpaired) electrons. The number of phenolic OH excluding ortho intramolecular Hbond substituents is 1. The highest BCUT2D eigenvalue weighted by Crippen LogP contribution is 2.57. The zero-order valence-electron chi connectivity index (χ0n) is 19.6. The second-order valence-electron chi connectivity index (χ2n) is 10.4. The third-order valence-corrected chi connectivity index (χ3v) is 8.55. The highest BCUT2D eigenvalue weighted by atomic mass is 16.5. The van der Waals surface area contributed by atoms with Crippen molar-refractivity contribution in [3.8, 4) is 5.75 Å². The Hall–Kier alpha value is -2.86. The fourth-order valence-corrected chi connectivity index (χ4v) is 6.03. The van der Waals surface area contributed by atoms with E-state index in [4.69, 9.17) is 4.74 Å². The highest BCUT2D eigenvalue weighted by Gasteiger charge is 2.57. The molecule has 2 aromatic rings. The first-order valence-electron chi connectivity index (χ1n) is 11.8. The van der Waals surface area contributed by atoms with Gasteiger partial charge in [0.2, 0.25) is 5.91 Å². The number of hydrogen-bond acceptors (Lipinski definition) is 4. The van der Waals surface area contributed by atoms with Crippen molar-refractivity contribution in [2.75, 3.05) is 26.3 Å². The number of likely N-dealkylation sites (tertiary alicyclic amines) is 1. The van der Waals surface area contributed by atoms with Crippen LogP contribution in [-0.2, 0) is 27.9 Å². The Balaban J connectivity index is 1.39. The largest absolute Gasteiger partial charge is 0.508 e. The minimum absolute atomic E-state index is 0.000771. The van der Waals surface area contributed by atoms with Crippen LogP contribution in [0.3, 0.4) is 0 Å². The van der Waals surface area contributed by atoms with E-state index in [1.807, 2.05) is 35.2 Å². The molecule has 2 saturated heterocycles. The highest BCUT2D eigenvalue weighted by molar-refractivity contribution is 5.94. The number of nitrogens with zero attached hydrogens (tertiary/aromatic N) is 2. The average Bonchev–Trinajstić information content (AvgIpc) is 2.78. The van der Waals surface area contributed by atoms with Crippen molar-refractivity contribution in [2.24, 2.45) is 5.41 Å². The Bertz CT molecular complexity index is 1090. The molecule has 2 fully saturated rings. The molecule has 2 aliphatic heterocycles. The Morgan fingerprint density at radius 2 is 1.88 bits per heavy atom. The van der Waals surface area contributed by atoms with Crippen molar-refractivity contribution < 1.29 is 19.4 Å². The van der Waals surface area contributed by atoms with Gasteiger partial charge in [0.25, 0.3) is 5.91 Å². The summed E-state index contributed by atoms with van der Waals surface area (Å²) >= 11 is 0. The molecule has 33 heavy (non-hydrogen) atoms. The lowest BCUT2D eigenvalue weighted by atomic mass is 9.51. The molecule has 1 N–H and O–H groups in total. The van der Waals surface area contributed by atoms with Gasteiger partial charge in [-0.1, -0.05) is 45.0 Å². The monoisotopic (exact) mass is 448 g/mol. The number of benzene rings is 2. The summed E-state index contributed by atoms with van der Waals surface area (Å²) in [4.78, 5) is 29.4. The van der Waals surface area contributed by atoms with Crippen molar-refractivity contribution >= 4 is 11.8 Å². The molecule has 5 rings (SSSR count). The van der Waals surface area contributed by atoms with Gasteiger partial charge in [-0.25, -0.2) is 0 Å². The molecular formula is C27H32N2O4. The van der Waals surface area contributed by atoms with Gasteiger partial charge in [-0.2, -0.15) is 0 Å². The molecule has 2 bridgehead atoms. The molecule has 0 saturated carbocycles. The lowest BCUT2D eigenvalue weighted by molar-refractivity contribution is -0.143. The van der Waals surface area contributed by atoms with Crippen LogP contribution in [0.15, 0.2) is 42.5 Å². The normalized spacial score (nSPS) is 26.2. The number of piperidine rings is 1. The van der Waals surface area contributed by atoms with E-state index in [0.717, 1.165) is 17.5 Å². The topological polar surface area (TPSA) is 70.1 Å². The summed E-state index contributed by atoms with van der Waals surface area (Å²) in [5, 5.41) is 10.6. The van der Waals surface area contributed by atoms with E-state index in [9.17, 15) is 14.7 Å². The molecular weight excluding hydrogens is 416 g/mol. The van der Waals surface area contributed by atoms with Crippen LogP contribution < -0.4 is 0 Å². The molecule has 3 aliphatic rings. The summed E-state index contributed by atoms with van der Waals surface area (Å²) in [6, 6.07) is 13.5. The SMILES string of the molecule is CC12CCN(C(=O)c3ccc(CN4CCOCC4=O)cc3)C(Cc3c(O)cccc31)C2(C)C. The van der Waals surface area contributed by atoms with E-state index in [0.29, 0.717) is 44.0 Å². The zero-order chi connectivity index (χ0) is 23.4. The van der Waals surface area contributed by atoms with Crippen LogP contribution in [0, 0.1) is 5.41 Å². The number of morpholine rings is 1. The summed E-state index contributed by atoms with van der Waals surface area (Å²) in [5.41, 5.74) is 3.64. The number of amides is 2. The second kappa shape index (κ2) is 7.87. The Kier molecular flexibility index (Phi) is 5.24. The number of carbonyl (C=O) groups is 2. The van der Waals surface area contributed by atoms with Crippen LogP contribution in [0.2, 0.25) is 0 Å². The standard InChI is InChI=1S/C27H32N2O4/c1-26(2)23-15-20-21(5-4-6-22(20)30)27(26,3)11-12-29(23)25(32)19-9-7-18(8-10-19)16-28-13-14-33-17-24(28)31/h4-10,23,30H,11-17H2,1-3H3. The Morgan fingerprint density at radius 3 is 2.61 bits per heavy atom. The van der Waals surface area contributed by atoms with Gasteiger partial charge in [-0.05, 0) is 53.1 Å². The molecule has 2 amide bonds. The first kappa shape index (κ1) is 22.0. The predicted octanol–water partition coefficient (Wildman–Crippen LogP) is 3.51. The summed E-state index contributed by atoms with van der Waals surface area (Å²) < 4.78 is 5.20. The van der Waals surface area contributed by atoms with Gasteiger partial charge in [0.15, 0.2) is 0 Å². The van der Waals surface area contributed by atoms with E-state index in [1.165, 1.54) is 5.56 Å². The smallest absolute Gasteiger partial charge is 0.254 e. The first-order chi connectivity index (χ1) is 15.7. The summed E-state index contributed by atoms with van der Waals surface area (Å²) in [6.07, 6.45) is 1.52. The molecule has 6 nitrogen and oxygen atoms in total. The summed E-state index contributed by atoms with van der Waals surface area (Å²) in [7, 11) is 0. The van der Waals surface area contributed by atoms with Crippen LogP contribution in [0.1, 0.15) is 54.2 Å². The van der Waals surface area contributed by atoms with Crippen molar-refractivity contribution in [3.05, 3.63) is 64.7 Å². The van der Waals surface area contributed by atoms with E-state index in [1.54, 1.807) is 11.0 Å². The van der Waals surface area contributed by atoms with Crippen molar-refractivity contribution in [2.45, 2.75) is 51.6 Å². The second-order valence-corrected chi connectivity index (χ2v) is 10.4. The molecule has 2 heterocycles. The molecule has 2 aromatic carbocycles. The molecule has 0 aromatic heterocycles. The number of carbonyl (C=O) groups excluding carboxylic acids is 2. The van der Waals surface area contributed by atoms with E-state index in [-0.39, 0.29) is 35.3 Å². The lowest BCUT2D eigenvalue weighted by Gasteiger charge is -2.60. The van der Waals surface area contributed by atoms with Gasteiger partial charge < -0.3 is 19.6 Å². The molecule has 2 atom stereocenters. The Labute approximate surface area is 195 Å². The number of phenols is 1. The van der Waals surface area contributed by atoms with Crippen LogP contribution >= 0.6 is 0 Å². The van der Waals surface area contributed by atoms with Gasteiger partial charge in [0.05, 0.1) is 6.61 Å². The molecule has 1 aliphatic carbocycles. The summed E-state index contributed by atoms with van der Waals surface area (Å²) in [5.74, 6) is 0.361. The van der Waals surface area contributed by atoms with Gasteiger partial charge in [0.1, 0.15) is 12.4 Å². The lowest BCUT2D eigenvalue weighted by Crippen LogP contribution is -2.64. The number of rotatable bonds is 3. The minimum Gasteiger partial charge on any atom is -0.508 e. The maximum Gasteiger partial charge on any atom is 0.254 e. The van der Waals surface area contributed by atoms with Gasteiger partial charge in [-0.15, -0.1) is 0 Å². The van der Waals surface area contributed by atoms with Crippen molar-refractivity contribution in [3.63, 3.8) is 0 Å². The fraction of sp³-hybridized carbons (Fsp3) is 0.481. The number of fused-ring (bicyclic) bond motifs is 4. The average molecular weight is 449 g/mol. The molecule has 2 unspecified atom stereocenters. The van der Waals surface area contributed by atoms with Gasteiger partial charge in [0, 0.05) is 36.7 Å². The van der Waals surface area contributed by atoms with Crippen LogP contribution in [0.4, 0.5) is 0 Å². The fourth-order valence-electron chi connectivity index (χ4n) is 6.03. The number of ether oxygens (including phenoxy) is 1. The van der Waals surface area contributed by atoms with Gasteiger partial charge in [-0.3, -0.25) is 9.59 Å². The first-order valence-corrected chi connectivity index (χ1v) is 11.8. The third-order valence-electron chi connectivity index (χ3n) is 8.55. The molecule has 6 heteroatoms. The van der Waals surface area contributed by atoms with Crippen molar-refractivity contribution in [1.29, 1.82) is 0 Å². The number of hydrogen-bond donors (Lipinski definition) is 1. The number of aromatic hydroxyl groups is 1. The maximum absolute atomic E-state index is 13.6. The third kappa shape index (κ3) is 3.43. The van der Waals surface area contributed by atoms with Crippen molar-refractivity contribution in [1.82, 2.24) is 9.80 Å². The minimum atomic E-state index is -0.127. The zero-order valence-corrected chi connectivity index (χ0v) is 19.6. The molecule has 174 valence electrons. The van der Waals surface area contributed by atoms with E-state index in [2.05, 4.69) is 26.8 Å². The van der Waals surface area contributed by atoms with Crippen LogP contribution in [0.5, 0.6) is 5.75 Å². The van der Waals surface area contributed by atoms with E-state index < -0.39 is 0 Å². The van der Waals surface area contributed by atoms with Crippen LogP contribution in [-0.4, -0.2) is 59.1 Å². The van der Waals surface area contributed by atoms with E-state index >= 15 is 0 Å². The quantitative estimate of drug-likeness (QED) is 0.780. The van der Waals surface area contributed by atoms with Gasteiger partial charge >= 0.3 is 0 Å². The van der Waals surface area contributed by atoms with Crippen LogP contribution in [0.25, 0.3) is 0 Å². The molecule has 0 spiro atoms. The summed E-state index contributed by atoms with van der Waals surface area (Å²) in [6.45, 7) is 9.32. The predicted molar refractivity (Wildman–Crippen MR) is 125 cm³/mol. The Morgan fingerprint density at radius 1 is 1.12 bits per heavy atom.